The number of nitrogens with zero attached hydrogens (tertiary/aromatic N) is 1. The minimum Gasteiger partial charge on any atom is -0.497 e. The summed E-state index contributed by atoms with van der Waals surface area (Å²) in [7, 11) is 4.53. The van der Waals surface area contributed by atoms with E-state index in [0.717, 1.165) is 0 Å². The van der Waals surface area contributed by atoms with Crippen molar-refractivity contribution in [3.63, 3.8) is 0 Å². The van der Waals surface area contributed by atoms with E-state index >= 15 is 0 Å². The van der Waals surface area contributed by atoms with Crippen LogP contribution in [0.3, 0.4) is 0 Å². The van der Waals surface area contributed by atoms with Gasteiger partial charge in [0.2, 0.25) is 11.4 Å². The highest BCUT2D eigenvalue weighted by Crippen LogP contribution is 2.39. The Hall–Kier alpha value is -2.86. The van der Waals surface area contributed by atoms with Gasteiger partial charge in [-0.2, -0.15) is 0 Å². The summed E-state index contributed by atoms with van der Waals surface area (Å²) in [4.78, 5) is 26.9. The molecule has 0 aliphatic carbocycles. The minimum atomic E-state index is -2.26. The first-order chi connectivity index (χ1) is 11.4. The van der Waals surface area contributed by atoms with Crippen molar-refractivity contribution < 1.29 is 24.2 Å². The number of hydrogen-bond donors (Lipinski definition) is 1. The molecule has 1 aliphatic rings. The predicted molar refractivity (Wildman–Crippen MR) is 87.6 cm³/mol. The lowest BCUT2D eigenvalue weighted by Crippen LogP contribution is -2.54. The number of methoxy groups -OCH3 is 2. The smallest absolute Gasteiger partial charge is 0.271 e. The van der Waals surface area contributed by atoms with E-state index < -0.39 is 17.3 Å². The third kappa shape index (κ3) is 2.15. The van der Waals surface area contributed by atoms with Crippen LogP contribution in [0, 0.1) is 0 Å². The second-order valence-corrected chi connectivity index (χ2v) is 5.52. The maximum atomic E-state index is 12.9. The lowest BCUT2D eigenvalue weighted by Gasteiger charge is -2.36. The zero-order valence-electron chi connectivity index (χ0n) is 13.6. The van der Waals surface area contributed by atoms with Crippen LogP contribution in [0.5, 0.6) is 11.5 Å². The van der Waals surface area contributed by atoms with E-state index in [1.165, 1.54) is 38.3 Å². The summed E-state index contributed by atoms with van der Waals surface area (Å²) in [6.45, 7) is 0. The van der Waals surface area contributed by atoms with Gasteiger partial charge in [0.25, 0.3) is 5.91 Å². The number of anilines is 1. The molecule has 0 fully saturated rings. The molecule has 0 bridgehead atoms. The number of carbonyl (C=O) groups excluding carboxylic acids is 2. The molecule has 1 unspecified atom stereocenters. The number of fused-ring (bicyclic) bond motifs is 1. The van der Waals surface area contributed by atoms with Gasteiger partial charge < -0.3 is 19.5 Å². The van der Waals surface area contributed by atoms with Gasteiger partial charge in [-0.1, -0.05) is 12.1 Å². The van der Waals surface area contributed by atoms with Crippen LogP contribution in [0.25, 0.3) is 0 Å². The number of rotatable bonds is 3. The summed E-state index contributed by atoms with van der Waals surface area (Å²) in [6, 6.07) is 11.0. The average molecular weight is 327 g/mol. The molecule has 2 aromatic carbocycles. The summed E-state index contributed by atoms with van der Waals surface area (Å²) >= 11 is 0. The quantitative estimate of drug-likeness (QED) is 0.869. The van der Waals surface area contributed by atoms with Gasteiger partial charge in [-0.15, -0.1) is 0 Å². The molecule has 2 aromatic rings. The monoisotopic (exact) mass is 327 g/mol. The van der Waals surface area contributed by atoms with Crippen LogP contribution < -0.4 is 14.4 Å². The first kappa shape index (κ1) is 16.0. The number of ether oxygens (including phenoxy) is 2. The van der Waals surface area contributed by atoms with Crippen molar-refractivity contribution in [1.82, 2.24) is 0 Å². The van der Waals surface area contributed by atoms with Crippen molar-refractivity contribution in [3.05, 3.63) is 53.6 Å². The molecule has 24 heavy (non-hydrogen) atoms. The van der Waals surface area contributed by atoms with Crippen molar-refractivity contribution in [2.24, 2.45) is 0 Å². The first-order valence-electron chi connectivity index (χ1n) is 7.31. The highest BCUT2D eigenvalue weighted by molar-refractivity contribution is 6.27. The molecular weight excluding hydrogens is 310 g/mol. The van der Waals surface area contributed by atoms with E-state index in [-0.39, 0.29) is 11.1 Å². The molecule has 0 aromatic heterocycles. The third-order valence-corrected chi connectivity index (χ3v) is 4.26. The molecule has 1 amide bonds. The molecule has 0 spiro atoms. The molecule has 6 nitrogen and oxygen atoms in total. The molecule has 0 saturated heterocycles. The molecule has 0 saturated carbocycles. The van der Waals surface area contributed by atoms with Gasteiger partial charge in [0.1, 0.15) is 11.5 Å². The minimum absolute atomic E-state index is 0.201. The van der Waals surface area contributed by atoms with E-state index in [1.807, 2.05) is 0 Å². The van der Waals surface area contributed by atoms with E-state index in [1.54, 1.807) is 30.3 Å². The maximum absolute atomic E-state index is 12.9. The summed E-state index contributed by atoms with van der Waals surface area (Å²) in [5, 5.41) is 11.0. The Morgan fingerprint density at radius 1 is 0.958 bits per heavy atom. The maximum Gasteiger partial charge on any atom is 0.271 e. The molecule has 1 N–H and O–H groups in total. The molecule has 1 aliphatic heterocycles. The molecular formula is C18H17NO5. The van der Waals surface area contributed by atoms with Crippen molar-refractivity contribution in [1.29, 1.82) is 0 Å². The largest absolute Gasteiger partial charge is 0.497 e. The summed E-state index contributed by atoms with van der Waals surface area (Å²) in [6.07, 6.45) is 0. The third-order valence-electron chi connectivity index (χ3n) is 4.26. The molecule has 0 radical (unpaired) electrons. The van der Waals surface area contributed by atoms with Crippen LogP contribution in [0.2, 0.25) is 0 Å². The Bertz CT molecular complexity index is 815. The number of Topliss-reactive ketones (excluding diaryl/α,β-unsaturated/α-hetero) is 1. The predicted octanol–water partition coefficient (Wildman–Crippen LogP) is 1.75. The van der Waals surface area contributed by atoms with Gasteiger partial charge in [-0.05, 0) is 24.3 Å². The number of aliphatic hydroxyl groups is 1. The average Bonchev–Trinajstić information content (AvgIpc) is 2.64. The van der Waals surface area contributed by atoms with Crippen LogP contribution in [0.15, 0.2) is 42.5 Å². The molecule has 6 heteroatoms. The fourth-order valence-electron chi connectivity index (χ4n) is 2.84. The fourth-order valence-corrected chi connectivity index (χ4v) is 2.84. The van der Waals surface area contributed by atoms with Crippen molar-refractivity contribution >= 4 is 17.4 Å². The number of hydrogen-bond acceptors (Lipinski definition) is 5. The first-order valence-corrected chi connectivity index (χ1v) is 7.31. The van der Waals surface area contributed by atoms with Crippen LogP contribution in [0.4, 0.5) is 5.69 Å². The van der Waals surface area contributed by atoms with Gasteiger partial charge in [0.05, 0.1) is 19.9 Å². The second kappa shape index (κ2) is 5.65. The van der Waals surface area contributed by atoms with E-state index in [9.17, 15) is 14.7 Å². The van der Waals surface area contributed by atoms with E-state index in [0.29, 0.717) is 17.2 Å². The fraction of sp³-hybridized carbons (Fsp3) is 0.222. The van der Waals surface area contributed by atoms with Crippen molar-refractivity contribution in [2.75, 3.05) is 26.2 Å². The van der Waals surface area contributed by atoms with Crippen molar-refractivity contribution in [3.8, 4) is 11.5 Å². The lowest BCUT2D eigenvalue weighted by atomic mass is 9.81. The van der Waals surface area contributed by atoms with Gasteiger partial charge in [-0.3, -0.25) is 9.59 Å². The zero-order chi connectivity index (χ0) is 17.5. The molecule has 1 atom stereocenters. The van der Waals surface area contributed by atoms with Crippen LogP contribution in [0.1, 0.15) is 15.9 Å². The Kier molecular flexibility index (Phi) is 3.77. The molecule has 1 heterocycles. The number of benzene rings is 2. The highest BCUT2D eigenvalue weighted by Gasteiger charge is 2.52. The number of carbonyl (C=O) groups is 2. The number of ketones is 1. The Morgan fingerprint density at radius 2 is 1.54 bits per heavy atom. The van der Waals surface area contributed by atoms with E-state index in [2.05, 4.69) is 0 Å². The summed E-state index contributed by atoms with van der Waals surface area (Å²) < 4.78 is 10.2. The lowest BCUT2D eigenvalue weighted by molar-refractivity contribution is -0.133. The Morgan fingerprint density at radius 3 is 2.12 bits per heavy atom. The number of amides is 1. The summed E-state index contributed by atoms with van der Waals surface area (Å²) in [5.41, 5.74) is -1.40. The van der Waals surface area contributed by atoms with Crippen LogP contribution in [-0.4, -0.2) is 38.1 Å². The van der Waals surface area contributed by atoms with Crippen LogP contribution >= 0.6 is 0 Å². The van der Waals surface area contributed by atoms with Crippen molar-refractivity contribution in [2.45, 2.75) is 5.60 Å². The number of likely N-dealkylation sites (N-methyl/N-ethyl adjacent to an activating group) is 1. The van der Waals surface area contributed by atoms with Gasteiger partial charge in [0.15, 0.2) is 0 Å². The van der Waals surface area contributed by atoms with Gasteiger partial charge in [0, 0.05) is 24.2 Å². The highest BCUT2D eigenvalue weighted by atomic mass is 16.5. The topological polar surface area (TPSA) is 76.1 Å². The Labute approximate surface area is 139 Å². The molecule has 124 valence electrons. The normalized spacial score (nSPS) is 19.9. The van der Waals surface area contributed by atoms with Gasteiger partial charge in [-0.25, -0.2) is 0 Å². The van der Waals surface area contributed by atoms with E-state index in [4.69, 9.17) is 9.47 Å². The second-order valence-electron chi connectivity index (χ2n) is 5.52. The SMILES string of the molecule is COc1ccc(C2(O)C(=O)c3ccc(OC)cc3N(C)C2=O)cc1. The van der Waals surface area contributed by atoms with Gasteiger partial charge >= 0.3 is 0 Å². The molecule has 3 rings (SSSR count). The Balaban J connectivity index is 2.15. The summed E-state index contributed by atoms with van der Waals surface area (Å²) in [5.74, 6) is -0.278. The van der Waals surface area contributed by atoms with Crippen LogP contribution in [-0.2, 0) is 10.4 Å². The zero-order valence-corrected chi connectivity index (χ0v) is 13.6. The standard InChI is InChI=1S/C18H17NO5/c1-19-15-10-13(24-3)8-9-14(15)16(20)18(22,17(19)21)11-4-6-12(23-2)7-5-11/h4-10,22H,1-3H3.